The molecule has 0 unspecified atom stereocenters. The first-order valence-corrected chi connectivity index (χ1v) is 13.3. The number of anilines is 2. The molecular formula is C34H28N4O4. The van der Waals surface area contributed by atoms with Gasteiger partial charge in [0.15, 0.2) is 0 Å². The standard InChI is InChI=1S/C34H28N4O4/c1-23-32(24(2)38(37-23)29-17-7-4-8-18-29)36-33(40)27-15-11-16-28(22-27)35-31(39)21-20-25-12-9-10-19-30(25)42-34(41)26-13-5-3-6-14-26/h3-22H,1-2H3,(H,35,39)(H,36,40)/b21-20+. The summed E-state index contributed by atoms with van der Waals surface area (Å²) in [6.45, 7) is 3.73. The number of nitrogens with zero attached hydrogens (tertiary/aromatic N) is 2. The predicted octanol–water partition coefficient (Wildman–Crippen LogP) is 6.61. The number of carbonyl (C=O) groups excluding carboxylic acids is 3. The third-order valence-corrected chi connectivity index (χ3v) is 6.47. The molecule has 1 aromatic heterocycles. The normalized spacial score (nSPS) is 10.8. The Morgan fingerprint density at radius 3 is 2.19 bits per heavy atom. The molecule has 42 heavy (non-hydrogen) atoms. The van der Waals surface area contributed by atoms with Crippen LogP contribution in [0.15, 0.2) is 115 Å². The molecule has 0 aliphatic rings. The number of carbonyl (C=O) groups is 3. The van der Waals surface area contributed by atoms with Crippen molar-refractivity contribution in [3.63, 3.8) is 0 Å². The lowest BCUT2D eigenvalue weighted by Crippen LogP contribution is -2.14. The van der Waals surface area contributed by atoms with Crippen molar-refractivity contribution in [1.82, 2.24) is 9.78 Å². The van der Waals surface area contributed by atoms with E-state index < -0.39 is 11.9 Å². The molecule has 0 fully saturated rings. The number of hydrogen-bond acceptors (Lipinski definition) is 5. The third-order valence-electron chi connectivity index (χ3n) is 6.47. The van der Waals surface area contributed by atoms with E-state index in [1.165, 1.54) is 6.08 Å². The van der Waals surface area contributed by atoms with Crippen molar-refractivity contribution in [2.24, 2.45) is 0 Å². The Morgan fingerprint density at radius 2 is 1.43 bits per heavy atom. The molecule has 0 saturated carbocycles. The van der Waals surface area contributed by atoms with E-state index in [-0.39, 0.29) is 5.91 Å². The van der Waals surface area contributed by atoms with Crippen LogP contribution in [-0.4, -0.2) is 27.6 Å². The molecule has 8 heteroatoms. The van der Waals surface area contributed by atoms with E-state index in [0.717, 1.165) is 11.4 Å². The highest BCUT2D eigenvalue weighted by Gasteiger charge is 2.17. The molecule has 0 spiro atoms. The molecule has 5 aromatic rings. The number of nitrogens with one attached hydrogen (secondary N) is 2. The van der Waals surface area contributed by atoms with Crippen molar-refractivity contribution in [3.05, 3.63) is 143 Å². The summed E-state index contributed by atoms with van der Waals surface area (Å²) < 4.78 is 7.33. The molecule has 0 radical (unpaired) electrons. The van der Waals surface area contributed by atoms with Gasteiger partial charge >= 0.3 is 5.97 Å². The molecule has 0 atom stereocenters. The van der Waals surface area contributed by atoms with Crippen molar-refractivity contribution in [2.75, 3.05) is 10.6 Å². The minimum absolute atomic E-state index is 0.324. The summed E-state index contributed by atoms with van der Waals surface area (Å²) in [6, 6.07) is 31.9. The van der Waals surface area contributed by atoms with Crippen LogP contribution in [0.4, 0.5) is 11.4 Å². The number of esters is 1. The summed E-state index contributed by atoms with van der Waals surface area (Å²) in [7, 11) is 0. The van der Waals surface area contributed by atoms with Gasteiger partial charge < -0.3 is 15.4 Å². The Labute approximate surface area is 243 Å². The number of rotatable bonds is 8. The van der Waals surface area contributed by atoms with E-state index in [1.807, 2.05) is 50.2 Å². The van der Waals surface area contributed by atoms with Crippen LogP contribution < -0.4 is 15.4 Å². The number of aromatic nitrogens is 2. The molecule has 2 N–H and O–H groups in total. The fourth-order valence-electron chi connectivity index (χ4n) is 4.36. The number of benzene rings is 4. The Kier molecular flexibility index (Phi) is 8.34. The number of aryl methyl sites for hydroxylation is 1. The van der Waals surface area contributed by atoms with Crippen LogP contribution in [-0.2, 0) is 4.79 Å². The van der Waals surface area contributed by atoms with Crippen LogP contribution in [0.3, 0.4) is 0 Å². The zero-order chi connectivity index (χ0) is 29.5. The van der Waals surface area contributed by atoms with Crippen LogP contribution in [0.5, 0.6) is 5.75 Å². The lowest BCUT2D eigenvalue weighted by molar-refractivity contribution is -0.111. The van der Waals surface area contributed by atoms with Gasteiger partial charge in [-0.05, 0) is 68.5 Å². The highest BCUT2D eigenvalue weighted by atomic mass is 16.5. The van der Waals surface area contributed by atoms with Crippen molar-refractivity contribution in [2.45, 2.75) is 13.8 Å². The Bertz CT molecular complexity index is 1780. The number of hydrogen-bond donors (Lipinski definition) is 2. The zero-order valence-electron chi connectivity index (χ0n) is 23.1. The summed E-state index contributed by atoms with van der Waals surface area (Å²) in [6.07, 6.45) is 2.90. The van der Waals surface area contributed by atoms with Gasteiger partial charge in [0.25, 0.3) is 5.91 Å². The smallest absolute Gasteiger partial charge is 0.343 e. The SMILES string of the molecule is Cc1nn(-c2ccccc2)c(C)c1NC(=O)c1cccc(NC(=O)/C=C/c2ccccc2OC(=O)c2ccccc2)c1. The third kappa shape index (κ3) is 6.51. The average molecular weight is 557 g/mol. The monoisotopic (exact) mass is 556 g/mol. The van der Waals surface area contributed by atoms with E-state index in [2.05, 4.69) is 15.7 Å². The highest BCUT2D eigenvalue weighted by molar-refractivity contribution is 6.07. The molecular weight excluding hydrogens is 528 g/mol. The Balaban J connectivity index is 1.25. The fraction of sp³-hybridized carbons (Fsp3) is 0.0588. The van der Waals surface area contributed by atoms with Gasteiger partial charge in [-0.3, -0.25) is 9.59 Å². The molecule has 4 aromatic carbocycles. The molecule has 208 valence electrons. The number of para-hydroxylation sites is 2. The molecule has 5 rings (SSSR count). The quantitative estimate of drug-likeness (QED) is 0.127. The second-order valence-electron chi connectivity index (χ2n) is 9.44. The second-order valence-corrected chi connectivity index (χ2v) is 9.44. The van der Waals surface area contributed by atoms with Gasteiger partial charge in [0.2, 0.25) is 5.91 Å². The fourth-order valence-corrected chi connectivity index (χ4v) is 4.36. The topological polar surface area (TPSA) is 102 Å². The molecule has 8 nitrogen and oxygen atoms in total. The minimum atomic E-state index is -0.492. The van der Waals surface area contributed by atoms with Crippen molar-refractivity contribution < 1.29 is 19.1 Å². The molecule has 0 bridgehead atoms. The van der Waals surface area contributed by atoms with Crippen molar-refractivity contribution >= 4 is 35.2 Å². The van der Waals surface area contributed by atoms with Gasteiger partial charge in [-0.2, -0.15) is 5.10 Å². The van der Waals surface area contributed by atoms with Crippen LogP contribution in [0.2, 0.25) is 0 Å². The number of amides is 2. The Hall–Kier alpha value is -5.76. The summed E-state index contributed by atoms with van der Waals surface area (Å²) in [5.41, 5.74) is 4.84. The van der Waals surface area contributed by atoms with Gasteiger partial charge in [0.1, 0.15) is 5.75 Å². The van der Waals surface area contributed by atoms with E-state index >= 15 is 0 Å². The maximum Gasteiger partial charge on any atom is 0.343 e. The van der Waals surface area contributed by atoms with E-state index in [0.29, 0.717) is 39.5 Å². The highest BCUT2D eigenvalue weighted by Crippen LogP contribution is 2.24. The van der Waals surface area contributed by atoms with Gasteiger partial charge in [-0.1, -0.05) is 60.7 Å². The lowest BCUT2D eigenvalue weighted by Gasteiger charge is -2.09. The van der Waals surface area contributed by atoms with E-state index in [9.17, 15) is 14.4 Å². The Morgan fingerprint density at radius 1 is 0.762 bits per heavy atom. The molecule has 1 heterocycles. The van der Waals surface area contributed by atoms with Crippen LogP contribution in [0.1, 0.15) is 37.7 Å². The minimum Gasteiger partial charge on any atom is -0.422 e. The molecule has 2 amide bonds. The second kappa shape index (κ2) is 12.6. The van der Waals surface area contributed by atoms with Gasteiger partial charge in [-0.25, -0.2) is 9.48 Å². The summed E-state index contributed by atoms with van der Waals surface area (Å²) >= 11 is 0. The van der Waals surface area contributed by atoms with E-state index in [4.69, 9.17) is 4.74 Å². The first-order valence-electron chi connectivity index (χ1n) is 13.3. The predicted molar refractivity (Wildman–Crippen MR) is 163 cm³/mol. The summed E-state index contributed by atoms with van der Waals surface area (Å²) in [5, 5.41) is 10.3. The molecule has 0 saturated heterocycles. The average Bonchev–Trinajstić information content (AvgIpc) is 3.30. The van der Waals surface area contributed by atoms with Gasteiger partial charge in [0.05, 0.1) is 28.3 Å². The van der Waals surface area contributed by atoms with Crippen LogP contribution >= 0.6 is 0 Å². The lowest BCUT2D eigenvalue weighted by atomic mass is 10.1. The summed E-state index contributed by atoms with van der Waals surface area (Å²) in [4.78, 5) is 38.3. The van der Waals surface area contributed by atoms with Crippen LogP contribution in [0.25, 0.3) is 11.8 Å². The molecule has 0 aliphatic carbocycles. The van der Waals surface area contributed by atoms with Crippen LogP contribution in [0, 0.1) is 13.8 Å². The van der Waals surface area contributed by atoms with Gasteiger partial charge in [0, 0.05) is 22.9 Å². The maximum atomic E-state index is 13.1. The zero-order valence-corrected chi connectivity index (χ0v) is 23.1. The van der Waals surface area contributed by atoms with E-state index in [1.54, 1.807) is 83.6 Å². The maximum absolute atomic E-state index is 13.1. The molecule has 0 aliphatic heterocycles. The summed E-state index contributed by atoms with van der Waals surface area (Å²) in [5.74, 6) is -0.897. The van der Waals surface area contributed by atoms with Crippen molar-refractivity contribution in [3.8, 4) is 11.4 Å². The van der Waals surface area contributed by atoms with Crippen molar-refractivity contribution in [1.29, 1.82) is 0 Å². The first-order chi connectivity index (χ1) is 20.4. The van der Waals surface area contributed by atoms with Gasteiger partial charge in [-0.15, -0.1) is 0 Å². The largest absolute Gasteiger partial charge is 0.422 e. The number of ether oxygens (including phenoxy) is 1. The first kappa shape index (κ1) is 27.8.